The van der Waals surface area contributed by atoms with Crippen LogP contribution in [0.25, 0.3) is 0 Å². The van der Waals surface area contributed by atoms with Gasteiger partial charge in [-0.25, -0.2) is 12.7 Å². The number of hydrogen-bond acceptors (Lipinski definition) is 5. The number of halogens is 2. The highest BCUT2D eigenvalue weighted by atomic mass is 35.5. The normalized spacial score (nSPS) is 17.9. The molecule has 2 fully saturated rings. The van der Waals surface area contributed by atoms with Gasteiger partial charge in [0.25, 0.3) is 5.91 Å². The lowest BCUT2D eigenvalue weighted by atomic mass is 10.1. The van der Waals surface area contributed by atoms with Crippen molar-refractivity contribution in [3.05, 3.63) is 23.8 Å². The molecule has 3 rings (SSSR count). The van der Waals surface area contributed by atoms with Crippen molar-refractivity contribution in [2.24, 2.45) is 0 Å². The fourth-order valence-electron chi connectivity index (χ4n) is 3.69. The Labute approximate surface area is 186 Å². The summed E-state index contributed by atoms with van der Waals surface area (Å²) in [4.78, 5) is 17.6. The molecule has 1 aromatic carbocycles. The topological polar surface area (TPSA) is 73.0 Å². The number of rotatable bonds is 4. The lowest BCUT2D eigenvalue weighted by Gasteiger charge is -2.32. The first-order valence-electron chi connectivity index (χ1n) is 9.73. The zero-order chi connectivity index (χ0) is 19.4. The number of nitrogens with one attached hydrogen (secondary N) is 1. The lowest BCUT2D eigenvalue weighted by Crippen LogP contribution is -2.37. The summed E-state index contributed by atoms with van der Waals surface area (Å²) in [6.07, 6.45) is 4.29. The summed E-state index contributed by atoms with van der Waals surface area (Å²) < 4.78 is 26.4. The van der Waals surface area contributed by atoms with Gasteiger partial charge < -0.3 is 15.1 Å². The molecule has 0 atom stereocenters. The quantitative estimate of drug-likeness (QED) is 0.735. The third kappa shape index (κ3) is 5.98. The second-order valence-corrected chi connectivity index (χ2v) is 9.56. The highest BCUT2D eigenvalue weighted by Gasteiger charge is 2.26. The van der Waals surface area contributed by atoms with Crippen molar-refractivity contribution in [2.45, 2.75) is 30.6 Å². The summed E-state index contributed by atoms with van der Waals surface area (Å²) >= 11 is 0. The third-order valence-electron chi connectivity index (χ3n) is 5.30. The molecule has 0 saturated carbocycles. The highest BCUT2D eigenvalue weighted by molar-refractivity contribution is 7.89. The predicted molar refractivity (Wildman–Crippen MR) is 121 cm³/mol. The molecular formula is C19H32Cl2N4O3S. The van der Waals surface area contributed by atoms with Crippen LogP contribution in [-0.2, 0) is 10.0 Å². The van der Waals surface area contributed by atoms with E-state index in [0.717, 1.165) is 51.1 Å². The molecule has 0 bridgehead atoms. The minimum absolute atomic E-state index is 0. The molecule has 0 spiro atoms. The number of benzene rings is 1. The van der Waals surface area contributed by atoms with Crippen LogP contribution < -0.4 is 10.2 Å². The van der Waals surface area contributed by atoms with Gasteiger partial charge in [-0.15, -0.1) is 24.8 Å². The Morgan fingerprint density at radius 2 is 1.66 bits per heavy atom. The van der Waals surface area contributed by atoms with Crippen LogP contribution in [0.1, 0.15) is 36.0 Å². The van der Waals surface area contributed by atoms with Crippen molar-refractivity contribution in [3.8, 4) is 0 Å². The smallest absolute Gasteiger partial charge is 0.256 e. The summed E-state index contributed by atoms with van der Waals surface area (Å²) in [7, 11) is -0.567. The number of carbonyl (C=O) groups is 1. The van der Waals surface area contributed by atoms with Crippen LogP contribution in [0.15, 0.2) is 23.1 Å². The molecule has 7 nitrogen and oxygen atoms in total. The summed E-state index contributed by atoms with van der Waals surface area (Å²) in [6, 6.07) is 5.00. The molecule has 29 heavy (non-hydrogen) atoms. The molecule has 1 N–H and O–H groups in total. The molecule has 0 radical (unpaired) electrons. The van der Waals surface area contributed by atoms with Gasteiger partial charge in [0.05, 0.1) is 10.5 Å². The van der Waals surface area contributed by atoms with Gasteiger partial charge >= 0.3 is 0 Å². The van der Waals surface area contributed by atoms with Crippen molar-refractivity contribution in [2.75, 3.05) is 58.3 Å². The molecule has 1 amide bonds. The maximum atomic E-state index is 13.3. The van der Waals surface area contributed by atoms with Crippen LogP contribution in [0.5, 0.6) is 0 Å². The van der Waals surface area contributed by atoms with Gasteiger partial charge in [0.2, 0.25) is 10.0 Å². The van der Waals surface area contributed by atoms with Crippen LogP contribution in [0, 0.1) is 0 Å². The molecule has 2 heterocycles. The third-order valence-corrected chi connectivity index (χ3v) is 7.11. The largest absolute Gasteiger partial charge is 0.371 e. The minimum atomic E-state index is -3.59. The number of nitrogens with zero attached hydrogens (tertiary/aromatic N) is 3. The maximum Gasteiger partial charge on any atom is 0.256 e. The fraction of sp³-hybridized carbons (Fsp3) is 0.632. The SMILES string of the molecule is CN(C)S(=O)(=O)c1ccc(N2CCCCC2)c(C(=O)N2CCCNCC2)c1.Cl.Cl. The first kappa shape index (κ1) is 26.0. The fourth-order valence-corrected chi connectivity index (χ4v) is 4.62. The standard InChI is InChI=1S/C19H30N4O3S.2ClH/c1-21(2)27(25,26)16-7-8-18(22-11-4-3-5-12-22)17(15-16)19(24)23-13-6-9-20-10-14-23;;/h7-8,15,20H,3-6,9-14H2,1-2H3;2*1H. The Hall–Kier alpha value is -1.06. The van der Waals surface area contributed by atoms with Crippen molar-refractivity contribution in [3.63, 3.8) is 0 Å². The van der Waals surface area contributed by atoms with E-state index >= 15 is 0 Å². The highest BCUT2D eigenvalue weighted by Crippen LogP contribution is 2.29. The van der Waals surface area contributed by atoms with E-state index in [-0.39, 0.29) is 35.6 Å². The van der Waals surface area contributed by atoms with Crippen LogP contribution in [-0.4, -0.2) is 76.9 Å². The van der Waals surface area contributed by atoms with E-state index in [4.69, 9.17) is 0 Å². The monoisotopic (exact) mass is 466 g/mol. The Balaban J connectivity index is 0.00000210. The van der Waals surface area contributed by atoms with Crippen LogP contribution in [0.3, 0.4) is 0 Å². The number of sulfonamides is 1. The Bertz CT molecular complexity index is 776. The molecule has 2 aliphatic heterocycles. The van der Waals surface area contributed by atoms with Crippen molar-refractivity contribution < 1.29 is 13.2 Å². The first-order valence-corrected chi connectivity index (χ1v) is 11.2. The molecule has 2 saturated heterocycles. The Morgan fingerprint density at radius 3 is 2.31 bits per heavy atom. The van der Waals surface area contributed by atoms with Crippen LogP contribution in [0.4, 0.5) is 5.69 Å². The van der Waals surface area contributed by atoms with E-state index in [0.29, 0.717) is 18.7 Å². The van der Waals surface area contributed by atoms with Gasteiger partial charge in [-0.1, -0.05) is 0 Å². The van der Waals surface area contributed by atoms with Gasteiger partial charge in [0.1, 0.15) is 0 Å². The summed E-state index contributed by atoms with van der Waals surface area (Å²) in [5, 5.41) is 3.31. The molecule has 1 aromatic rings. The molecular weight excluding hydrogens is 435 g/mol. The molecule has 0 aromatic heterocycles. The molecule has 10 heteroatoms. The average Bonchev–Trinajstić information content (AvgIpc) is 2.97. The van der Waals surface area contributed by atoms with E-state index in [1.807, 2.05) is 11.0 Å². The molecule has 0 aliphatic carbocycles. The summed E-state index contributed by atoms with van der Waals surface area (Å²) in [5.74, 6) is -0.0740. The lowest BCUT2D eigenvalue weighted by molar-refractivity contribution is 0.0766. The number of carbonyl (C=O) groups excluding carboxylic acids is 1. The van der Waals surface area contributed by atoms with Gasteiger partial charge in [-0.2, -0.15) is 0 Å². The first-order chi connectivity index (χ1) is 12.9. The van der Waals surface area contributed by atoms with Gasteiger partial charge in [0.15, 0.2) is 0 Å². The Kier molecular flexibility index (Phi) is 10.2. The minimum Gasteiger partial charge on any atom is -0.371 e. The maximum absolute atomic E-state index is 13.3. The van der Waals surface area contributed by atoms with Crippen molar-refractivity contribution >= 4 is 46.4 Å². The van der Waals surface area contributed by atoms with Gasteiger partial charge in [-0.3, -0.25) is 4.79 Å². The van der Waals surface area contributed by atoms with E-state index in [9.17, 15) is 13.2 Å². The molecule has 2 aliphatic rings. The predicted octanol–water partition coefficient (Wildman–Crippen LogP) is 2.21. The van der Waals surface area contributed by atoms with Crippen molar-refractivity contribution in [1.82, 2.24) is 14.5 Å². The second-order valence-electron chi connectivity index (χ2n) is 7.41. The van der Waals surface area contributed by atoms with E-state index < -0.39 is 10.0 Å². The molecule has 166 valence electrons. The van der Waals surface area contributed by atoms with Crippen molar-refractivity contribution in [1.29, 1.82) is 0 Å². The number of amides is 1. The van der Waals surface area contributed by atoms with E-state index in [2.05, 4.69) is 10.2 Å². The second kappa shape index (κ2) is 11.4. The van der Waals surface area contributed by atoms with Gasteiger partial charge in [0, 0.05) is 52.5 Å². The zero-order valence-electron chi connectivity index (χ0n) is 17.1. The van der Waals surface area contributed by atoms with E-state index in [1.54, 1.807) is 12.1 Å². The zero-order valence-corrected chi connectivity index (χ0v) is 19.5. The summed E-state index contributed by atoms with van der Waals surface area (Å²) in [5.41, 5.74) is 1.36. The average molecular weight is 467 g/mol. The summed E-state index contributed by atoms with van der Waals surface area (Å²) in [6.45, 7) is 4.81. The number of piperidine rings is 1. The van der Waals surface area contributed by atoms with Crippen LogP contribution >= 0.6 is 24.8 Å². The molecule has 0 unspecified atom stereocenters. The number of hydrogen-bond donors (Lipinski definition) is 1. The number of anilines is 1. The van der Waals surface area contributed by atoms with E-state index in [1.165, 1.54) is 24.8 Å². The van der Waals surface area contributed by atoms with Gasteiger partial charge in [-0.05, 0) is 50.4 Å². The Morgan fingerprint density at radius 1 is 0.966 bits per heavy atom. The van der Waals surface area contributed by atoms with Crippen LogP contribution in [0.2, 0.25) is 0 Å².